The summed E-state index contributed by atoms with van der Waals surface area (Å²) in [4.78, 5) is 15.0. The summed E-state index contributed by atoms with van der Waals surface area (Å²) >= 11 is 9.80. The zero-order valence-corrected chi connectivity index (χ0v) is 16.1. The first kappa shape index (κ1) is 17.4. The van der Waals surface area contributed by atoms with Crippen molar-refractivity contribution in [1.82, 2.24) is 15.0 Å². The molecule has 0 bridgehead atoms. The number of halogens is 2. The molecular weight excluding hydrogens is 394 g/mol. The highest BCUT2D eigenvalue weighted by Gasteiger charge is 2.33. The first-order valence-electron chi connectivity index (χ1n) is 7.64. The lowest BCUT2D eigenvalue weighted by molar-refractivity contribution is 0.270. The Morgan fingerprint density at radius 1 is 1.25 bits per heavy atom. The van der Waals surface area contributed by atoms with Gasteiger partial charge in [-0.25, -0.2) is 9.97 Å². The smallest absolute Gasteiger partial charge is 0.223 e. The van der Waals surface area contributed by atoms with E-state index in [0.717, 1.165) is 21.4 Å². The Bertz CT molecular complexity index is 814. The minimum Gasteiger partial charge on any atom is -0.396 e. The summed E-state index contributed by atoms with van der Waals surface area (Å²) in [6.45, 7) is 7.36. The van der Waals surface area contributed by atoms with Crippen molar-refractivity contribution in [1.29, 1.82) is 0 Å². The molecule has 3 heterocycles. The van der Waals surface area contributed by atoms with Crippen molar-refractivity contribution < 1.29 is 5.11 Å². The molecule has 3 N–H and O–H groups in total. The van der Waals surface area contributed by atoms with Crippen LogP contribution in [0.2, 0.25) is 5.15 Å². The highest BCUT2D eigenvalue weighted by Crippen LogP contribution is 2.40. The van der Waals surface area contributed by atoms with E-state index in [2.05, 4.69) is 49.6 Å². The minimum atomic E-state index is -0.119. The monoisotopic (exact) mass is 411 g/mol. The van der Waals surface area contributed by atoms with Gasteiger partial charge in [-0.2, -0.15) is 4.98 Å². The quantitative estimate of drug-likeness (QED) is 0.595. The summed E-state index contributed by atoms with van der Waals surface area (Å²) in [6, 6.07) is 0. The lowest BCUT2D eigenvalue weighted by atomic mass is 10.0. The predicted octanol–water partition coefficient (Wildman–Crippen LogP) is 2.89. The number of nitrogen functional groups attached to an aromatic ring is 1. The molecule has 2 aromatic rings. The standard InChI is InChI=1S/C16H19BrClN5O/c1-7-8(2)11(13(17)20-9(7)3)5-23-4-10(6-24)12-14(18)21-16(19)22-15(12)23/h10,24H,4-6H2,1-3H3,(H2,19,21,22). The van der Waals surface area contributed by atoms with Crippen LogP contribution in [0.3, 0.4) is 0 Å². The van der Waals surface area contributed by atoms with Gasteiger partial charge < -0.3 is 15.7 Å². The van der Waals surface area contributed by atoms with Crippen LogP contribution >= 0.6 is 27.5 Å². The van der Waals surface area contributed by atoms with Crippen LogP contribution in [0.15, 0.2) is 4.60 Å². The molecule has 2 aromatic heterocycles. The molecule has 128 valence electrons. The number of rotatable bonds is 3. The molecular formula is C16H19BrClN5O. The second-order valence-electron chi connectivity index (χ2n) is 6.09. The van der Waals surface area contributed by atoms with E-state index in [1.165, 1.54) is 11.1 Å². The predicted molar refractivity (Wildman–Crippen MR) is 98.5 cm³/mol. The van der Waals surface area contributed by atoms with E-state index in [1.54, 1.807) is 0 Å². The minimum absolute atomic E-state index is 0.0121. The van der Waals surface area contributed by atoms with E-state index in [9.17, 15) is 5.11 Å². The Morgan fingerprint density at radius 3 is 2.62 bits per heavy atom. The maximum absolute atomic E-state index is 9.69. The van der Waals surface area contributed by atoms with E-state index in [4.69, 9.17) is 17.3 Å². The van der Waals surface area contributed by atoms with Crippen LogP contribution in [0.5, 0.6) is 0 Å². The van der Waals surface area contributed by atoms with Gasteiger partial charge in [0, 0.05) is 35.8 Å². The molecule has 0 saturated carbocycles. The van der Waals surface area contributed by atoms with Gasteiger partial charge in [0.2, 0.25) is 5.95 Å². The Morgan fingerprint density at radius 2 is 1.96 bits per heavy atom. The molecule has 3 rings (SSSR count). The van der Waals surface area contributed by atoms with Gasteiger partial charge >= 0.3 is 0 Å². The topological polar surface area (TPSA) is 88.2 Å². The average molecular weight is 413 g/mol. The van der Waals surface area contributed by atoms with Gasteiger partial charge in [0.05, 0.1) is 6.61 Å². The van der Waals surface area contributed by atoms with Crippen molar-refractivity contribution in [3.63, 3.8) is 0 Å². The van der Waals surface area contributed by atoms with E-state index >= 15 is 0 Å². The van der Waals surface area contributed by atoms with E-state index < -0.39 is 0 Å². The van der Waals surface area contributed by atoms with Crippen LogP contribution in [0, 0.1) is 20.8 Å². The van der Waals surface area contributed by atoms with Crippen molar-refractivity contribution in [2.45, 2.75) is 33.2 Å². The van der Waals surface area contributed by atoms with E-state index in [-0.39, 0.29) is 18.5 Å². The molecule has 0 aliphatic carbocycles. The molecule has 8 heteroatoms. The van der Waals surface area contributed by atoms with Gasteiger partial charge in [0.25, 0.3) is 0 Å². The zero-order valence-electron chi connectivity index (χ0n) is 13.8. The Balaban J connectivity index is 2.04. The highest BCUT2D eigenvalue weighted by molar-refractivity contribution is 9.10. The SMILES string of the molecule is Cc1nc(Br)c(CN2CC(CO)c3c(Cl)nc(N)nc32)c(C)c1C. The normalized spacial score (nSPS) is 16.6. The molecule has 0 amide bonds. The fourth-order valence-electron chi connectivity index (χ4n) is 3.10. The molecule has 0 spiro atoms. The van der Waals surface area contributed by atoms with Crippen molar-refractivity contribution >= 4 is 39.3 Å². The number of hydrogen-bond acceptors (Lipinski definition) is 6. The third-order valence-corrected chi connectivity index (χ3v) is 5.63. The molecule has 0 aromatic carbocycles. The number of aryl methyl sites for hydroxylation is 1. The molecule has 0 radical (unpaired) electrons. The van der Waals surface area contributed by atoms with Gasteiger partial charge in [-0.05, 0) is 47.8 Å². The fourth-order valence-corrected chi connectivity index (χ4v) is 4.11. The number of nitrogens with two attached hydrogens (primary N) is 1. The van der Waals surface area contributed by atoms with Crippen LogP contribution in [0.25, 0.3) is 0 Å². The van der Waals surface area contributed by atoms with E-state index in [0.29, 0.717) is 24.1 Å². The van der Waals surface area contributed by atoms with Gasteiger partial charge in [0.1, 0.15) is 15.6 Å². The number of aliphatic hydroxyl groups is 1. The summed E-state index contributed by atoms with van der Waals surface area (Å²) < 4.78 is 0.824. The molecule has 0 fully saturated rings. The van der Waals surface area contributed by atoms with Crippen molar-refractivity contribution in [2.24, 2.45) is 0 Å². The Labute approximate surface area is 154 Å². The van der Waals surface area contributed by atoms with Crippen molar-refractivity contribution in [3.8, 4) is 0 Å². The molecule has 1 aliphatic rings. The second-order valence-corrected chi connectivity index (χ2v) is 7.20. The van der Waals surface area contributed by atoms with Crippen LogP contribution < -0.4 is 10.6 Å². The molecule has 0 saturated heterocycles. The highest BCUT2D eigenvalue weighted by atomic mass is 79.9. The van der Waals surface area contributed by atoms with Crippen molar-refractivity contribution in [3.05, 3.63) is 37.7 Å². The number of pyridine rings is 1. The van der Waals surface area contributed by atoms with Crippen LogP contribution in [0.1, 0.15) is 33.9 Å². The Kier molecular flexibility index (Phi) is 4.68. The summed E-state index contributed by atoms with van der Waals surface area (Å²) in [5.74, 6) is 0.708. The van der Waals surface area contributed by atoms with Crippen LogP contribution in [0.4, 0.5) is 11.8 Å². The van der Waals surface area contributed by atoms with Crippen LogP contribution in [-0.2, 0) is 6.54 Å². The number of fused-ring (bicyclic) bond motifs is 1. The summed E-state index contributed by atoms with van der Waals surface area (Å²) in [5.41, 5.74) is 11.0. The molecule has 1 unspecified atom stereocenters. The number of aromatic nitrogens is 3. The number of hydrogen-bond donors (Lipinski definition) is 2. The average Bonchev–Trinajstić information content (AvgIpc) is 2.87. The maximum Gasteiger partial charge on any atom is 0.223 e. The molecule has 24 heavy (non-hydrogen) atoms. The van der Waals surface area contributed by atoms with Crippen LogP contribution in [-0.4, -0.2) is 33.2 Å². The van der Waals surface area contributed by atoms with Crippen molar-refractivity contribution in [2.75, 3.05) is 23.8 Å². The maximum atomic E-state index is 9.69. The second kappa shape index (κ2) is 6.46. The lowest BCUT2D eigenvalue weighted by Crippen LogP contribution is -2.24. The fraction of sp³-hybridized carbons (Fsp3) is 0.438. The number of aliphatic hydroxyl groups excluding tert-OH is 1. The number of anilines is 2. The molecule has 1 atom stereocenters. The van der Waals surface area contributed by atoms with E-state index in [1.807, 2.05) is 6.92 Å². The number of nitrogens with zero attached hydrogens (tertiary/aromatic N) is 4. The van der Waals surface area contributed by atoms with Gasteiger partial charge in [-0.15, -0.1) is 0 Å². The molecule has 1 aliphatic heterocycles. The summed E-state index contributed by atoms with van der Waals surface area (Å²) in [6.07, 6.45) is 0. The van der Waals surface area contributed by atoms with Gasteiger partial charge in [-0.1, -0.05) is 11.6 Å². The first-order chi connectivity index (χ1) is 11.3. The molecule has 6 nitrogen and oxygen atoms in total. The summed E-state index contributed by atoms with van der Waals surface area (Å²) in [5, 5.41) is 10.00. The Hall–Kier alpha value is -1.44. The third-order valence-electron chi connectivity index (χ3n) is 4.69. The zero-order chi connectivity index (χ0) is 17.6. The first-order valence-corrected chi connectivity index (χ1v) is 8.81. The third kappa shape index (κ3) is 2.85. The van der Waals surface area contributed by atoms with Gasteiger partial charge in [-0.3, -0.25) is 0 Å². The largest absolute Gasteiger partial charge is 0.396 e. The lowest BCUT2D eigenvalue weighted by Gasteiger charge is -2.22. The summed E-state index contributed by atoms with van der Waals surface area (Å²) in [7, 11) is 0. The van der Waals surface area contributed by atoms with Gasteiger partial charge in [0.15, 0.2) is 0 Å².